The van der Waals surface area contributed by atoms with Gasteiger partial charge in [-0.3, -0.25) is 9.59 Å². The highest BCUT2D eigenvalue weighted by atomic mass is 19.4. The highest BCUT2D eigenvalue weighted by Crippen LogP contribution is 2.30. The number of aldehydes is 1. The van der Waals surface area contributed by atoms with Crippen LogP contribution in [0.15, 0.2) is 60.7 Å². The number of hydrogen-bond acceptors (Lipinski definition) is 6. The third-order valence-corrected chi connectivity index (χ3v) is 3.84. The first-order valence-electron chi connectivity index (χ1n) is 10.1. The molecule has 2 unspecified atom stereocenters. The zero-order valence-corrected chi connectivity index (χ0v) is 18.7. The Balaban J connectivity index is 0.000000588. The highest BCUT2D eigenvalue weighted by molar-refractivity contribution is 5.74. The largest absolute Gasteiger partial charge is 0.461 e. The zero-order chi connectivity index (χ0) is 25.3. The van der Waals surface area contributed by atoms with Gasteiger partial charge in [0.2, 0.25) is 0 Å². The molecule has 0 fully saturated rings. The van der Waals surface area contributed by atoms with Crippen LogP contribution >= 0.6 is 0 Å². The van der Waals surface area contributed by atoms with Gasteiger partial charge in [-0.05, 0) is 25.0 Å². The number of carbonyl (C=O) groups excluding carboxylic acids is 3. The lowest BCUT2D eigenvalue weighted by Crippen LogP contribution is -2.39. The van der Waals surface area contributed by atoms with Crippen LogP contribution in [0, 0.1) is 5.92 Å². The first kappa shape index (κ1) is 29.8. The van der Waals surface area contributed by atoms with Gasteiger partial charge in [0.1, 0.15) is 19.5 Å². The molecule has 2 rings (SSSR count). The predicted octanol–water partition coefficient (Wildman–Crippen LogP) is 4.63. The molecule has 0 saturated carbocycles. The Bertz CT molecular complexity index is 808. The number of aliphatic hydroxyl groups is 1. The van der Waals surface area contributed by atoms with Crippen molar-refractivity contribution < 1.29 is 42.1 Å². The van der Waals surface area contributed by atoms with Gasteiger partial charge in [-0.2, -0.15) is 13.2 Å². The molecule has 0 amide bonds. The van der Waals surface area contributed by atoms with Gasteiger partial charge in [-0.1, -0.05) is 67.6 Å². The van der Waals surface area contributed by atoms with Gasteiger partial charge in [0.05, 0.1) is 6.10 Å². The summed E-state index contributed by atoms with van der Waals surface area (Å²) in [5.41, 5.74) is 1.61. The molecule has 2 aromatic carbocycles. The van der Waals surface area contributed by atoms with Gasteiger partial charge in [0, 0.05) is 6.42 Å². The SMILES string of the molecule is CC(O)C(C(=O)OCc1ccccc1)C(F)(F)F.CC=O.CCC(=O)OCc1ccccc1. The van der Waals surface area contributed by atoms with E-state index in [9.17, 15) is 22.8 Å². The van der Waals surface area contributed by atoms with Crippen LogP contribution in [0.4, 0.5) is 13.2 Å². The maximum absolute atomic E-state index is 12.5. The van der Waals surface area contributed by atoms with Gasteiger partial charge in [0.25, 0.3) is 0 Å². The molecule has 6 nitrogen and oxygen atoms in total. The van der Waals surface area contributed by atoms with Gasteiger partial charge < -0.3 is 19.4 Å². The van der Waals surface area contributed by atoms with Crippen LogP contribution in [0.1, 0.15) is 38.3 Å². The molecule has 33 heavy (non-hydrogen) atoms. The van der Waals surface area contributed by atoms with Crippen molar-refractivity contribution in [1.82, 2.24) is 0 Å². The third kappa shape index (κ3) is 13.7. The quantitative estimate of drug-likeness (QED) is 0.469. The van der Waals surface area contributed by atoms with Gasteiger partial charge >= 0.3 is 18.1 Å². The molecule has 2 aromatic rings. The van der Waals surface area contributed by atoms with Crippen molar-refractivity contribution in [1.29, 1.82) is 0 Å². The summed E-state index contributed by atoms with van der Waals surface area (Å²) < 4.78 is 47.0. The topological polar surface area (TPSA) is 89.9 Å². The second-order valence-corrected chi connectivity index (χ2v) is 6.59. The summed E-state index contributed by atoms with van der Waals surface area (Å²) in [5, 5.41) is 8.99. The Morgan fingerprint density at radius 1 is 0.939 bits per heavy atom. The molecular formula is C24H29F3O6. The summed E-state index contributed by atoms with van der Waals surface area (Å²) in [4.78, 5) is 30.9. The molecule has 0 aliphatic heterocycles. The fourth-order valence-corrected chi connectivity index (χ4v) is 2.26. The maximum Gasteiger partial charge on any atom is 0.404 e. The first-order chi connectivity index (χ1) is 15.6. The Hall–Kier alpha value is -3.20. The van der Waals surface area contributed by atoms with E-state index in [-0.39, 0.29) is 12.6 Å². The molecule has 2 atom stereocenters. The fraction of sp³-hybridized carbons (Fsp3) is 0.375. The van der Waals surface area contributed by atoms with Crippen molar-refractivity contribution in [2.24, 2.45) is 5.92 Å². The molecule has 9 heteroatoms. The van der Waals surface area contributed by atoms with Crippen LogP contribution < -0.4 is 0 Å². The van der Waals surface area contributed by atoms with Crippen molar-refractivity contribution in [2.75, 3.05) is 0 Å². The minimum Gasteiger partial charge on any atom is -0.461 e. The smallest absolute Gasteiger partial charge is 0.404 e. The lowest BCUT2D eigenvalue weighted by Gasteiger charge is -2.21. The molecule has 0 radical (unpaired) electrons. The summed E-state index contributed by atoms with van der Waals surface area (Å²) in [5.74, 6) is -4.14. The van der Waals surface area contributed by atoms with Crippen LogP contribution in [-0.2, 0) is 37.1 Å². The number of rotatable bonds is 7. The number of hydrogen-bond donors (Lipinski definition) is 1. The van der Waals surface area contributed by atoms with Crippen molar-refractivity contribution in [3.63, 3.8) is 0 Å². The van der Waals surface area contributed by atoms with E-state index in [4.69, 9.17) is 14.6 Å². The van der Waals surface area contributed by atoms with Crippen LogP contribution in [0.5, 0.6) is 0 Å². The minimum absolute atomic E-state index is 0.154. The van der Waals surface area contributed by atoms with Crippen LogP contribution in [-0.4, -0.2) is 35.6 Å². The molecular weight excluding hydrogens is 441 g/mol. The molecule has 0 saturated heterocycles. The van der Waals surface area contributed by atoms with Gasteiger partial charge in [-0.25, -0.2) is 0 Å². The summed E-state index contributed by atoms with van der Waals surface area (Å²) in [6.07, 6.45) is -5.47. The van der Waals surface area contributed by atoms with E-state index in [1.165, 1.54) is 6.92 Å². The standard InChI is InChI=1S/C12H13F3O3.C10H12O2.C2H4O/c1-8(16)10(12(13,14)15)11(17)18-7-9-5-3-2-4-6-9;1-2-10(11)12-8-9-6-4-3-5-7-9;1-2-3/h2-6,8,10,16H,7H2,1H3;3-7H,2,8H2,1H3;2H,1H3. The number of esters is 2. The van der Waals surface area contributed by atoms with Crippen LogP contribution in [0.3, 0.4) is 0 Å². The highest BCUT2D eigenvalue weighted by Gasteiger charge is 2.49. The van der Waals surface area contributed by atoms with Gasteiger partial charge in [-0.15, -0.1) is 0 Å². The molecule has 0 aliphatic rings. The Morgan fingerprint density at radius 2 is 1.33 bits per heavy atom. The van der Waals surface area contributed by atoms with Crippen molar-refractivity contribution in [3.8, 4) is 0 Å². The first-order valence-corrected chi connectivity index (χ1v) is 10.1. The molecule has 0 aromatic heterocycles. The summed E-state index contributed by atoms with van der Waals surface area (Å²) in [6, 6.07) is 18.0. The summed E-state index contributed by atoms with van der Waals surface area (Å²) >= 11 is 0. The molecule has 0 bridgehead atoms. The van der Waals surface area contributed by atoms with E-state index < -0.39 is 24.2 Å². The van der Waals surface area contributed by atoms with Crippen molar-refractivity contribution >= 4 is 18.2 Å². The van der Waals surface area contributed by atoms with Gasteiger partial charge in [0.15, 0.2) is 5.92 Å². The fourth-order valence-electron chi connectivity index (χ4n) is 2.26. The molecule has 1 N–H and O–H groups in total. The number of alkyl halides is 3. The third-order valence-electron chi connectivity index (χ3n) is 3.84. The number of halogens is 3. The lowest BCUT2D eigenvalue weighted by molar-refractivity contribution is -0.213. The monoisotopic (exact) mass is 470 g/mol. The predicted molar refractivity (Wildman–Crippen MR) is 116 cm³/mol. The van der Waals surface area contributed by atoms with E-state index in [1.807, 2.05) is 30.3 Å². The Kier molecular flexibility index (Phi) is 14.8. The summed E-state index contributed by atoms with van der Waals surface area (Å²) in [7, 11) is 0. The number of aliphatic hydroxyl groups excluding tert-OH is 1. The second-order valence-electron chi connectivity index (χ2n) is 6.59. The van der Waals surface area contributed by atoms with E-state index in [2.05, 4.69) is 4.74 Å². The number of carbonyl (C=O) groups is 3. The average Bonchev–Trinajstić information content (AvgIpc) is 2.77. The van der Waals surface area contributed by atoms with Crippen LogP contribution in [0.2, 0.25) is 0 Å². The van der Waals surface area contributed by atoms with Crippen LogP contribution in [0.25, 0.3) is 0 Å². The summed E-state index contributed by atoms with van der Waals surface area (Å²) in [6.45, 7) is 4.27. The number of benzene rings is 2. The minimum atomic E-state index is -4.82. The molecule has 0 aliphatic carbocycles. The second kappa shape index (κ2) is 16.4. The maximum atomic E-state index is 12.5. The molecule has 0 spiro atoms. The Labute approximate surface area is 191 Å². The van der Waals surface area contributed by atoms with Crippen molar-refractivity contribution in [3.05, 3.63) is 71.8 Å². The van der Waals surface area contributed by atoms with E-state index in [0.717, 1.165) is 18.8 Å². The average molecular weight is 470 g/mol. The lowest BCUT2D eigenvalue weighted by atomic mass is 10.0. The molecule has 182 valence electrons. The molecule has 0 heterocycles. The van der Waals surface area contributed by atoms with E-state index in [1.54, 1.807) is 37.3 Å². The zero-order valence-electron chi connectivity index (χ0n) is 18.7. The van der Waals surface area contributed by atoms with E-state index in [0.29, 0.717) is 18.6 Å². The number of ether oxygens (including phenoxy) is 2. The Morgan fingerprint density at radius 3 is 1.67 bits per heavy atom. The van der Waals surface area contributed by atoms with Crippen molar-refractivity contribution in [2.45, 2.75) is 52.7 Å². The normalized spacial score (nSPS) is 12.0. The van der Waals surface area contributed by atoms with E-state index >= 15 is 0 Å².